The van der Waals surface area contributed by atoms with Crippen LogP contribution in [0.1, 0.15) is 58.7 Å². The largest absolute Gasteiger partial charge is 0.369 e. The topological polar surface area (TPSA) is 48.5 Å². The molecule has 1 amide bonds. The summed E-state index contributed by atoms with van der Waals surface area (Å²) in [4.78, 5) is 22.7. The fourth-order valence-corrected chi connectivity index (χ4v) is 4.65. The average molecular weight is 419 g/mol. The number of aromatic nitrogens is 1. The molecule has 5 nitrogen and oxygen atoms in total. The molecular formula is C22H31FN4OS. The number of thiazole rings is 1. The van der Waals surface area contributed by atoms with Gasteiger partial charge in [-0.25, -0.2) is 9.37 Å². The van der Waals surface area contributed by atoms with E-state index in [9.17, 15) is 9.18 Å². The Hall–Kier alpha value is -1.99. The van der Waals surface area contributed by atoms with E-state index in [0.29, 0.717) is 4.88 Å². The van der Waals surface area contributed by atoms with Crippen LogP contribution in [0, 0.1) is 12.7 Å². The van der Waals surface area contributed by atoms with Gasteiger partial charge in [-0.1, -0.05) is 13.3 Å². The fraction of sp³-hybridized carbons (Fsp3) is 0.545. The smallest absolute Gasteiger partial charge is 0.263 e. The van der Waals surface area contributed by atoms with Gasteiger partial charge in [-0.3, -0.25) is 4.79 Å². The molecule has 1 aliphatic rings. The van der Waals surface area contributed by atoms with E-state index in [-0.39, 0.29) is 17.8 Å². The number of nitrogens with zero attached hydrogens (tertiary/aromatic N) is 3. The first kappa shape index (κ1) is 21.7. The van der Waals surface area contributed by atoms with E-state index in [4.69, 9.17) is 0 Å². The van der Waals surface area contributed by atoms with E-state index in [1.54, 1.807) is 6.07 Å². The van der Waals surface area contributed by atoms with Crippen LogP contribution in [0.25, 0.3) is 0 Å². The van der Waals surface area contributed by atoms with Crippen LogP contribution in [0.2, 0.25) is 0 Å². The standard InChI is InChI=1S/C22H31FN4OS/c1-5-6-7-20-24-16(3)21(29-20)22(28)25-15(2)18-14-17(23)8-9-19(18)27-12-10-26(4)11-13-27/h8-9,14-15H,5-7,10-13H2,1-4H3,(H,25,28). The van der Waals surface area contributed by atoms with E-state index < -0.39 is 0 Å². The Labute approximate surface area is 176 Å². The van der Waals surface area contributed by atoms with Crippen LogP contribution < -0.4 is 10.2 Å². The SMILES string of the molecule is CCCCc1nc(C)c(C(=O)NC(C)c2cc(F)ccc2N2CCN(C)CC2)s1. The third kappa shape index (κ3) is 5.34. The zero-order chi connectivity index (χ0) is 21.0. The fourth-order valence-electron chi connectivity index (χ4n) is 3.65. The number of rotatable bonds is 7. The minimum Gasteiger partial charge on any atom is -0.369 e. The molecule has 29 heavy (non-hydrogen) atoms. The van der Waals surface area contributed by atoms with Crippen molar-refractivity contribution in [2.75, 3.05) is 38.1 Å². The van der Waals surface area contributed by atoms with E-state index in [0.717, 1.165) is 67.4 Å². The number of carbonyl (C=O) groups is 1. The molecule has 1 saturated heterocycles. The van der Waals surface area contributed by atoms with Crippen LogP contribution in [0.4, 0.5) is 10.1 Å². The number of amides is 1. The number of anilines is 1. The lowest BCUT2D eigenvalue weighted by molar-refractivity contribution is 0.0943. The van der Waals surface area contributed by atoms with Crippen LogP contribution in [0.15, 0.2) is 18.2 Å². The summed E-state index contributed by atoms with van der Waals surface area (Å²) in [5.41, 5.74) is 2.58. The third-order valence-corrected chi connectivity index (χ3v) is 6.65. The number of piperazine rings is 1. The molecule has 1 N–H and O–H groups in total. The van der Waals surface area contributed by atoms with E-state index in [2.05, 4.69) is 34.1 Å². The predicted molar refractivity (Wildman–Crippen MR) is 117 cm³/mol. The first-order valence-electron chi connectivity index (χ1n) is 10.4. The van der Waals surface area contributed by atoms with Crippen LogP contribution in [-0.4, -0.2) is 49.0 Å². The molecule has 1 aromatic heterocycles. The van der Waals surface area contributed by atoms with Crippen LogP contribution in [0.3, 0.4) is 0 Å². The van der Waals surface area contributed by atoms with Crippen molar-refractivity contribution in [3.05, 3.63) is 45.2 Å². The van der Waals surface area contributed by atoms with Gasteiger partial charge in [-0.2, -0.15) is 0 Å². The van der Waals surface area contributed by atoms with Gasteiger partial charge in [0.2, 0.25) is 0 Å². The van der Waals surface area contributed by atoms with Crippen LogP contribution >= 0.6 is 11.3 Å². The molecule has 0 aliphatic carbocycles. The maximum Gasteiger partial charge on any atom is 0.263 e. The number of nitrogens with one attached hydrogen (secondary N) is 1. The number of carbonyl (C=O) groups excluding carboxylic acids is 1. The van der Waals surface area contributed by atoms with Gasteiger partial charge in [0.15, 0.2) is 0 Å². The summed E-state index contributed by atoms with van der Waals surface area (Å²) in [5, 5.41) is 4.07. The molecule has 1 unspecified atom stereocenters. The number of hydrogen-bond acceptors (Lipinski definition) is 5. The summed E-state index contributed by atoms with van der Waals surface area (Å²) >= 11 is 1.47. The molecule has 1 aromatic carbocycles. The number of likely N-dealkylation sites (N-methyl/N-ethyl adjacent to an activating group) is 1. The highest BCUT2D eigenvalue weighted by atomic mass is 32.1. The highest BCUT2D eigenvalue weighted by Gasteiger charge is 2.23. The second-order valence-electron chi connectivity index (χ2n) is 7.81. The van der Waals surface area contributed by atoms with Gasteiger partial charge in [-0.15, -0.1) is 11.3 Å². The Morgan fingerprint density at radius 1 is 1.31 bits per heavy atom. The molecule has 0 radical (unpaired) electrons. The lowest BCUT2D eigenvalue weighted by Crippen LogP contribution is -2.45. The summed E-state index contributed by atoms with van der Waals surface area (Å²) in [6.45, 7) is 9.67. The molecule has 3 rings (SSSR count). The number of unbranched alkanes of at least 4 members (excludes halogenated alkanes) is 1. The minimum atomic E-state index is -0.298. The summed E-state index contributed by atoms with van der Waals surface area (Å²) in [6, 6.07) is 4.58. The first-order valence-corrected chi connectivity index (χ1v) is 11.2. The number of benzene rings is 1. The lowest BCUT2D eigenvalue weighted by Gasteiger charge is -2.36. The summed E-state index contributed by atoms with van der Waals surface area (Å²) in [5.74, 6) is -0.418. The van der Waals surface area contributed by atoms with Crippen molar-refractivity contribution in [2.24, 2.45) is 0 Å². The Bertz CT molecular complexity index is 845. The van der Waals surface area contributed by atoms with Crippen LogP contribution in [0.5, 0.6) is 0 Å². The molecule has 1 atom stereocenters. The molecule has 7 heteroatoms. The van der Waals surface area contributed by atoms with Crippen molar-refractivity contribution in [3.63, 3.8) is 0 Å². The Kier molecular flexibility index (Phi) is 7.24. The van der Waals surface area contributed by atoms with Crippen molar-refractivity contribution >= 4 is 22.9 Å². The zero-order valence-electron chi connectivity index (χ0n) is 17.8. The van der Waals surface area contributed by atoms with Gasteiger partial charge < -0.3 is 15.1 Å². The van der Waals surface area contributed by atoms with Crippen molar-refractivity contribution in [1.82, 2.24) is 15.2 Å². The number of aryl methyl sites for hydroxylation is 2. The van der Waals surface area contributed by atoms with Gasteiger partial charge in [-0.05, 0) is 51.9 Å². The van der Waals surface area contributed by atoms with E-state index in [1.807, 2.05) is 19.9 Å². The molecule has 2 aromatic rings. The van der Waals surface area contributed by atoms with Gasteiger partial charge in [0.25, 0.3) is 5.91 Å². The highest BCUT2D eigenvalue weighted by Crippen LogP contribution is 2.29. The van der Waals surface area contributed by atoms with E-state index in [1.165, 1.54) is 17.4 Å². The number of halogens is 1. The molecule has 0 spiro atoms. The average Bonchev–Trinajstić information content (AvgIpc) is 3.07. The monoisotopic (exact) mass is 418 g/mol. The molecule has 1 fully saturated rings. The maximum atomic E-state index is 14.0. The van der Waals surface area contributed by atoms with Crippen molar-refractivity contribution in [2.45, 2.75) is 46.1 Å². The zero-order valence-corrected chi connectivity index (χ0v) is 18.6. The van der Waals surface area contributed by atoms with Crippen molar-refractivity contribution < 1.29 is 9.18 Å². The quantitative estimate of drug-likeness (QED) is 0.733. The summed E-state index contributed by atoms with van der Waals surface area (Å²) in [7, 11) is 2.11. The molecule has 2 heterocycles. The van der Waals surface area contributed by atoms with Gasteiger partial charge in [0, 0.05) is 37.4 Å². The van der Waals surface area contributed by atoms with Crippen LogP contribution in [-0.2, 0) is 6.42 Å². The second kappa shape index (κ2) is 9.67. The maximum absolute atomic E-state index is 14.0. The van der Waals surface area contributed by atoms with Crippen molar-refractivity contribution in [1.29, 1.82) is 0 Å². The third-order valence-electron chi connectivity index (χ3n) is 5.44. The van der Waals surface area contributed by atoms with Gasteiger partial charge >= 0.3 is 0 Å². The summed E-state index contributed by atoms with van der Waals surface area (Å²) in [6.07, 6.45) is 3.08. The van der Waals surface area contributed by atoms with Gasteiger partial charge in [0.05, 0.1) is 16.7 Å². The van der Waals surface area contributed by atoms with Crippen molar-refractivity contribution in [3.8, 4) is 0 Å². The molecule has 1 aliphatic heterocycles. The normalized spacial score (nSPS) is 16.1. The Morgan fingerprint density at radius 2 is 2.03 bits per heavy atom. The summed E-state index contributed by atoms with van der Waals surface area (Å²) < 4.78 is 14.0. The molecular weight excluding hydrogens is 387 g/mol. The molecule has 0 bridgehead atoms. The molecule has 158 valence electrons. The lowest BCUT2D eigenvalue weighted by atomic mass is 10.0. The minimum absolute atomic E-state index is 0.135. The predicted octanol–water partition coefficient (Wildman–Crippen LogP) is 4.18. The molecule has 0 saturated carbocycles. The Morgan fingerprint density at radius 3 is 2.72 bits per heavy atom. The highest BCUT2D eigenvalue weighted by molar-refractivity contribution is 7.13. The first-order chi connectivity index (χ1) is 13.9. The second-order valence-corrected chi connectivity index (χ2v) is 8.90. The van der Waals surface area contributed by atoms with Gasteiger partial charge in [0.1, 0.15) is 10.7 Å². The Balaban J connectivity index is 1.76. The van der Waals surface area contributed by atoms with E-state index >= 15 is 0 Å². The number of hydrogen-bond donors (Lipinski definition) is 1.